The number of rotatable bonds is 4. The zero-order chi connectivity index (χ0) is 15.6. The average Bonchev–Trinajstić information content (AvgIpc) is 2.37. The van der Waals surface area contributed by atoms with Gasteiger partial charge in [0.05, 0.1) is 17.2 Å². The molecule has 0 amide bonds. The number of halogens is 3. The maximum absolute atomic E-state index is 11.0. The van der Waals surface area contributed by atoms with Crippen molar-refractivity contribution in [1.82, 2.24) is 0 Å². The highest BCUT2D eigenvalue weighted by Gasteiger charge is 2.35. The van der Waals surface area contributed by atoms with Gasteiger partial charge in [0, 0.05) is 20.0 Å². The van der Waals surface area contributed by atoms with Crippen LogP contribution in [0.1, 0.15) is 25.7 Å². The number of anilines is 1. The smallest absolute Gasteiger partial charge is 0.306 e. The maximum Gasteiger partial charge on any atom is 0.306 e. The fourth-order valence-electron chi connectivity index (χ4n) is 2.54. The largest absolute Gasteiger partial charge is 0.481 e. The second kappa shape index (κ2) is 6.98. The predicted octanol–water partition coefficient (Wildman–Crippen LogP) is 4.39. The fourth-order valence-corrected chi connectivity index (χ4v) is 5.08. The molecule has 0 aliphatic heterocycles. The lowest BCUT2D eigenvalue weighted by Crippen LogP contribution is -2.41. The summed E-state index contributed by atoms with van der Waals surface area (Å²) < 4.78 is 2.74. The molecule has 1 fully saturated rings. The van der Waals surface area contributed by atoms with E-state index in [0.717, 1.165) is 19.1 Å². The number of nitrogens with one attached hydrogen (secondary N) is 1. The van der Waals surface area contributed by atoms with E-state index in [-0.39, 0.29) is 5.92 Å². The fraction of sp³-hybridized carbons (Fsp3) is 0.500. The molecule has 21 heavy (non-hydrogen) atoms. The van der Waals surface area contributed by atoms with Gasteiger partial charge in [-0.05, 0) is 69.7 Å². The van der Waals surface area contributed by atoms with Crippen LogP contribution in [-0.2, 0) is 4.79 Å². The summed E-state index contributed by atoms with van der Waals surface area (Å²) in [5.74, 6) is -1.08. The van der Waals surface area contributed by atoms with Gasteiger partial charge in [0.25, 0.3) is 0 Å². The average molecular weight is 486 g/mol. The molecular formula is C14H16Br3NO3. The lowest BCUT2D eigenvalue weighted by Gasteiger charge is -2.35. The summed E-state index contributed by atoms with van der Waals surface area (Å²) in [4.78, 5) is 11.0. The number of carboxylic acids is 1. The Labute approximate surface area is 148 Å². The summed E-state index contributed by atoms with van der Waals surface area (Å²) >= 11 is 10.4. The first-order valence-corrected chi connectivity index (χ1v) is 9.02. The molecule has 1 aliphatic carbocycles. The van der Waals surface area contributed by atoms with Crippen molar-refractivity contribution in [2.24, 2.45) is 5.92 Å². The molecule has 0 aromatic heterocycles. The third-order valence-electron chi connectivity index (χ3n) is 3.87. The van der Waals surface area contributed by atoms with Crippen molar-refractivity contribution in [2.45, 2.75) is 31.3 Å². The Balaban J connectivity index is 1.99. The van der Waals surface area contributed by atoms with Crippen LogP contribution in [0.2, 0.25) is 0 Å². The van der Waals surface area contributed by atoms with E-state index in [1.165, 1.54) is 0 Å². The Bertz CT molecular complexity index is 519. The summed E-state index contributed by atoms with van der Waals surface area (Å²) in [6.45, 7) is 0.401. The van der Waals surface area contributed by atoms with Crippen molar-refractivity contribution < 1.29 is 15.0 Å². The van der Waals surface area contributed by atoms with Crippen LogP contribution in [0, 0.1) is 5.92 Å². The maximum atomic E-state index is 11.0. The first kappa shape index (κ1) is 17.2. The van der Waals surface area contributed by atoms with E-state index in [4.69, 9.17) is 5.11 Å². The van der Waals surface area contributed by atoms with Gasteiger partial charge < -0.3 is 15.5 Å². The quantitative estimate of drug-likeness (QED) is 0.591. The molecule has 3 N–H and O–H groups in total. The summed E-state index contributed by atoms with van der Waals surface area (Å²) in [5.41, 5.74) is 0.0322. The number of carboxylic acid groups (broad SMARTS) is 1. The SMILES string of the molecule is O=C(O)C1CCC(O)(CNc2c(Br)cc(Br)cc2Br)CC1. The molecule has 1 saturated carbocycles. The van der Waals surface area contributed by atoms with Gasteiger partial charge in [0.1, 0.15) is 0 Å². The van der Waals surface area contributed by atoms with Crippen molar-refractivity contribution in [3.05, 3.63) is 25.6 Å². The molecule has 0 heterocycles. The number of hydrogen-bond donors (Lipinski definition) is 3. The van der Waals surface area contributed by atoms with Crippen LogP contribution in [0.4, 0.5) is 5.69 Å². The summed E-state index contributed by atoms with van der Waals surface area (Å²) in [5, 5.41) is 22.8. The first-order chi connectivity index (χ1) is 9.81. The number of aliphatic carboxylic acids is 1. The van der Waals surface area contributed by atoms with Gasteiger partial charge in [-0.25, -0.2) is 0 Å². The molecule has 0 radical (unpaired) electrons. The van der Waals surface area contributed by atoms with E-state index in [2.05, 4.69) is 53.1 Å². The highest BCUT2D eigenvalue weighted by Crippen LogP contribution is 2.37. The molecule has 0 atom stereocenters. The van der Waals surface area contributed by atoms with Crippen LogP contribution < -0.4 is 5.32 Å². The Kier molecular flexibility index (Phi) is 5.73. The normalized spacial score (nSPS) is 25.6. The van der Waals surface area contributed by atoms with Crippen LogP contribution in [-0.4, -0.2) is 28.3 Å². The van der Waals surface area contributed by atoms with E-state index in [1.54, 1.807) is 0 Å². The van der Waals surface area contributed by atoms with Crippen LogP contribution in [0.25, 0.3) is 0 Å². The minimum atomic E-state index is -0.849. The highest BCUT2D eigenvalue weighted by atomic mass is 79.9. The molecule has 1 aliphatic rings. The van der Waals surface area contributed by atoms with Crippen LogP contribution >= 0.6 is 47.8 Å². The summed E-state index contributed by atoms with van der Waals surface area (Å²) in [6, 6.07) is 3.86. The predicted molar refractivity (Wildman–Crippen MR) is 92.6 cm³/mol. The second-order valence-electron chi connectivity index (χ2n) is 5.43. The summed E-state index contributed by atoms with van der Waals surface area (Å²) in [6.07, 6.45) is 2.05. The van der Waals surface area contributed by atoms with E-state index in [0.29, 0.717) is 32.2 Å². The van der Waals surface area contributed by atoms with Gasteiger partial charge >= 0.3 is 5.97 Å². The third kappa shape index (κ3) is 4.43. The van der Waals surface area contributed by atoms with Crippen molar-refractivity contribution >= 4 is 59.4 Å². The molecule has 0 bridgehead atoms. The van der Waals surface area contributed by atoms with E-state index in [9.17, 15) is 9.90 Å². The molecule has 0 unspecified atom stereocenters. The van der Waals surface area contributed by atoms with Gasteiger partial charge in [-0.1, -0.05) is 15.9 Å². The molecule has 1 aromatic rings. The number of carbonyl (C=O) groups is 1. The van der Waals surface area contributed by atoms with Gasteiger partial charge in [-0.3, -0.25) is 4.79 Å². The van der Waals surface area contributed by atoms with Gasteiger partial charge in [-0.2, -0.15) is 0 Å². The minimum Gasteiger partial charge on any atom is -0.481 e. The van der Waals surface area contributed by atoms with Crippen molar-refractivity contribution in [3.8, 4) is 0 Å². The topological polar surface area (TPSA) is 69.6 Å². The van der Waals surface area contributed by atoms with Crippen LogP contribution in [0.5, 0.6) is 0 Å². The van der Waals surface area contributed by atoms with Gasteiger partial charge in [0.2, 0.25) is 0 Å². The van der Waals surface area contributed by atoms with E-state index >= 15 is 0 Å². The molecule has 2 rings (SSSR count). The van der Waals surface area contributed by atoms with Crippen LogP contribution in [0.3, 0.4) is 0 Å². The Morgan fingerprint density at radius 2 is 1.76 bits per heavy atom. The lowest BCUT2D eigenvalue weighted by atomic mass is 9.79. The molecule has 4 nitrogen and oxygen atoms in total. The van der Waals surface area contributed by atoms with Gasteiger partial charge in [0.15, 0.2) is 0 Å². The number of aliphatic hydroxyl groups is 1. The molecule has 0 saturated heterocycles. The van der Waals surface area contributed by atoms with Crippen LogP contribution in [0.15, 0.2) is 25.6 Å². The van der Waals surface area contributed by atoms with Crippen molar-refractivity contribution in [2.75, 3.05) is 11.9 Å². The minimum absolute atomic E-state index is 0.323. The lowest BCUT2D eigenvalue weighted by molar-refractivity contribution is -0.144. The first-order valence-electron chi connectivity index (χ1n) is 6.64. The molecule has 7 heteroatoms. The third-order valence-corrected chi connectivity index (χ3v) is 5.58. The molecule has 0 spiro atoms. The van der Waals surface area contributed by atoms with Gasteiger partial charge in [-0.15, -0.1) is 0 Å². The Morgan fingerprint density at radius 1 is 1.24 bits per heavy atom. The summed E-state index contributed by atoms with van der Waals surface area (Å²) in [7, 11) is 0. The zero-order valence-corrected chi connectivity index (χ0v) is 16.0. The van der Waals surface area contributed by atoms with Crippen molar-refractivity contribution in [1.29, 1.82) is 0 Å². The second-order valence-corrected chi connectivity index (χ2v) is 8.06. The molecular weight excluding hydrogens is 470 g/mol. The monoisotopic (exact) mass is 483 g/mol. The molecule has 1 aromatic carbocycles. The molecule has 116 valence electrons. The zero-order valence-electron chi connectivity index (χ0n) is 11.2. The standard InChI is InChI=1S/C14H16Br3NO3/c15-9-5-10(16)12(11(17)6-9)18-7-14(21)3-1-8(2-4-14)13(19)20/h5-6,8,18,21H,1-4,7H2,(H,19,20). The van der Waals surface area contributed by atoms with E-state index in [1.807, 2.05) is 12.1 Å². The van der Waals surface area contributed by atoms with E-state index < -0.39 is 11.6 Å². The number of benzene rings is 1. The van der Waals surface area contributed by atoms with Crippen molar-refractivity contribution in [3.63, 3.8) is 0 Å². The highest BCUT2D eigenvalue weighted by molar-refractivity contribution is 9.11. The number of hydrogen-bond acceptors (Lipinski definition) is 3. The Morgan fingerprint density at radius 3 is 2.24 bits per heavy atom. The Hall–Kier alpha value is -0.110.